The van der Waals surface area contributed by atoms with Crippen LogP contribution in [-0.4, -0.2) is 18.5 Å². The number of rotatable bonds is 3. The lowest BCUT2D eigenvalue weighted by Crippen LogP contribution is -2.28. The molecule has 0 aliphatic rings. The molecule has 0 atom stereocenters. The van der Waals surface area contributed by atoms with E-state index in [0.29, 0.717) is 0 Å². The molecule has 50 valence electrons. The number of hydrogen-bond acceptors (Lipinski definition) is 4. The average Bonchev–Trinajstić information content (AvgIpc) is 1.83. The molecule has 0 amide bonds. The lowest BCUT2D eigenvalue weighted by atomic mass is 10.6. The Hall–Kier alpha value is -1.32. The smallest absolute Gasteiger partial charge is 0.330 e. The molecule has 4 heteroatoms. The maximum absolute atomic E-state index is 10.1. The number of aliphatic carboxylic acids is 1. The Kier molecular flexibility index (Phi) is 3.12. The molecular formula is C5H5O4-. The minimum atomic E-state index is -1.43. The van der Waals surface area contributed by atoms with Crippen molar-refractivity contribution >= 4 is 11.9 Å². The summed E-state index contributed by atoms with van der Waals surface area (Å²) in [5.74, 6) is -2.19. The molecule has 0 aromatic heterocycles. The van der Waals surface area contributed by atoms with E-state index in [1.807, 2.05) is 0 Å². The highest BCUT2D eigenvalue weighted by Gasteiger charge is 1.92. The molecule has 0 spiro atoms. The van der Waals surface area contributed by atoms with Gasteiger partial charge in [-0.05, 0) is 0 Å². The van der Waals surface area contributed by atoms with Crippen molar-refractivity contribution in [2.24, 2.45) is 0 Å². The van der Waals surface area contributed by atoms with Crippen LogP contribution >= 0.6 is 0 Å². The van der Waals surface area contributed by atoms with Crippen LogP contribution in [0.2, 0.25) is 0 Å². The van der Waals surface area contributed by atoms with Gasteiger partial charge >= 0.3 is 5.97 Å². The zero-order chi connectivity index (χ0) is 7.28. The Morgan fingerprint density at radius 2 is 2.22 bits per heavy atom. The van der Waals surface area contributed by atoms with Gasteiger partial charge in [0.2, 0.25) is 0 Å². The number of ether oxygens (including phenoxy) is 1. The summed E-state index contributed by atoms with van der Waals surface area (Å²) in [4.78, 5) is 19.7. The number of carbonyl (C=O) groups is 2. The first-order chi connectivity index (χ1) is 4.16. The summed E-state index contributed by atoms with van der Waals surface area (Å²) in [5.41, 5.74) is 0. The molecule has 0 rings (SSSR count). The molecule has 0 aromatic carbocycles. The van der Waals surface area contributed by atoms with Crippen LogP contribution in [0.4, 0.5) is 0 Å². The summed E-state index contributed by atoms with van der Waals surface area (Å²) in [7, 11) is 0. The number of esters is 1. The minimum absolute atomic E-state index is 0.717. The number of hydrogen-bond donors (Lipinski definition) is 0. The van der Waals surface area contributed by atoms with Crippen LogP contribution in [-0.2, 0) is 14.3 Å². The third kappa shape index (κ3) is 4.53. The number of carbonyl (C=O) groups excluding carboxylic acids is 2. The molecule has 4 nitrogen and oxygen atoms in total. The third-order valence-corrected chi connectivity index (χ3v) is 0.499. The van der Waals surface area contributed by atoms with E-state index in [1.165, 1.54) is 0 Å². The molecule has 0 heterocycles. The van der Waals surface area contributed by atoms with E-state index in [0.717, 1.165) is 6.08 Å². The molecule has 0 aliphatic heterocycles. The fraction of sp³-hybridized carbons (Fsp3) is 0.200. The van der Waals surface area contributed by atoms with E-state index >= 15 is 0 Å². The molecule has 9 heavy (non-hydrogen) atoms. The Morgan fingerprint density at radius 3 is 2.56 bits per heavy atom. The predicted molar refractivity (Wildman–Crippen MR) is 26.2 cm³/mol. The standard InChI is InChI=1S/C5H6O4/c1-2-5(8)9-3-4(6)7/h2H,1,3H2,(H,6,7)/p-1. The molecule has 0 radical (unpaired) electrons. The normalized spacial score (nSPS) is 8.00. The lowest BCUT2D eigenvalue weighted by Gasteiger charge is -1.99. The maximum atomic E-state index is 10.1. The van der Waals surface area contributed by atoms with Crippen molar-refractivity contribution in [2.45, 2.75) is 0 Å². The first-order valence-corrected chi connectivity index (χ1v) is 2.16. The van der Waals surface area contributed by atoms with E-state index in [1.54, 1.807) is 0 Å². The van der Waals surface area contributed by atoms with Crippen LogP contribution in [0.1, 0.15) is 0 Å². The Balaban J connectivity index is 3.39. The zero-order valence-electron chi connectivity index (χ0n) is 4.62. The van der Waals surface area contributed by atoms with Gasteiger partial charge in [-0.2, -0.15) is 0 Å². The van der Waals surface area contributed by atoms with Crippen molar-refractivity contribution in [3.8, 4) is 0 Å². The van der Waals surface area contributed by atoms with Crippen molar-refractivity contribution in [1.82, 2.24) is 0 Å². The molecule has 0 saturated heterocycles. The van der Waals surface area contributed by atoms with Gasteiger partial charge in [-0.15, -0.1) is 0 Å². The first-order valence-electron chi connectivity index (χ1n) is 2.16. The van der Waals surface area contributed by atoms with Crippen molar-refractivity contribution in [3.63, 3.8) is 0 Å². The van der Waals surface area contributed by atoms with Gasteiger partial charge in [-0.25, -0.2) is 4.79 Å². The third-order valence-electron chi connectivity index (χ3n) is 0.499. The Bertz CT molecular complexity index is 138. The second-order valence-electron chi connectivity index (χ2n) is 1.18. The van der Waals surface area contributed by atoms with Crippen LogP contribution < -0.4 is 5.11 Å². The van der Waals surface area contributed by atoms with E-state index < -0.39 is 18.5 Å². The molecule has 0 fully saturated rings. The molecule has 0 N–H and O–H groups in total. The van der Waals surface area contributed by atoms with Gasteiger partial charge < -0.3 is 14.6 Å². The van der Waals surface area contributed by atoms with Gasteiger partial charge in [0.25, 0.3) is 0 Å². The summed E-state index contributed by atoms with van der Waals surface area (Å²) < 4.78 is 4.03. The first kappa shape index (κ1) is 7.68. The van der Waals surface area contributed by atoms with Gasteiger partial charge in [0.05, 0.1) is 5.97 Å². The van der Waals surface area contributed by atoms with E-state index in [4.69, 9.17) is 0 Å². The molecule has 0 aliphatic carbocycles. The highest BCUT2D eigenvalue weighted by atomic mass is 16.5. The topological polar surface area (TPSA) is 66.4 Å². The fourth-order valence-corrected chi connectivity index (χ4v) is 0.189. The largest absolute Gasteiger partial charge is 0.546 e. The van der Waals surface area contributed by atoms with Gasteiger partial charge in [0.1, 0.15) is 6.61 Å². The van der Waals surface area contributed by atoms with Crippen LogP contribution in [0.5, 0.6) is 0 Å². The quantitative estimate of drug-likeness (QED) is 0.342. The molecule has 0 unspecified atom stereocenters. The van der Waals surface area contributed by atoms with Crippen LogP contribution in [0.3, 0.4) is 0 Å². The maximum Gasteiger partial charge on any atom is 0.330 e. The second kappa shape index (κ2) is 3.65. The van der Waals surface area contributed by atoms with Crippen LogP contribution in [0, 0.1) is 0 Å². The van der Waals surface area contributed by atoms with Crippen molar-refractivity contribution < 1.29 is 19.4 Å². The number of carboxylic acids is 1. The zero-order valence-corrected chi connectivity index (χ0v) is 4.62. The second-order valence-corrected chi connectivity index (χ2v) is 1.18. The average molecular weight is 129 g/mol. The molecule has 0 aromatic rings. The van der Waals surface area contributed by atoms with Crippen LogP contribution in [0.15, 0.2) is 12.7 Å². The van der Waals surface area contributed by atoms with Gasteiger partial charge in [0.15, 0.2) is 0 Å². The molecular weight excluding hydrogens is 124 g/mol. The highest BCUT2D eigenvalue weighted by molar-refractivity contribution is 5.83. The van der Waals surface area contributed by atoms with Gasteiger partial charge in [-0.1, -0.05) is 6.58 Å². The molecule has 0 bridgehead atoms. The van der Waals surface area contributed by atoms with Gasteiger partial charge in [-0.3, -0.25) is 0 Å². The minimum Gasteiger partial charge on any atom is -0.546 e. The summed E-state index contributed by atoms with van der Waals surface area (Å²) in [6, 6.07) is 0. The fourth-order valence-electron chi connectivity index (χ4n) is 0.189. The number of carboxylic acid groups (broad SMARTS) is 1. The predicted octanol–water partition coefficient (Wildman–Crippen LogP) is -1.53. The van der Waals surface area contributed by atoms with Crippen molar-refractivity contribution in [1.29, 1.82) is 0 Å². The van der Waals surface area contributed by atoms with Gasteiger partial charge in [0, 0.05) is 6.08 Å². The summed E-state index contributed by atoms with van der Waals surface area (Å²) in [6.07, 6.45) is 0.878. The Labute approximate surface area is 51.7 Å². The monoisotopic (exact) mass is 129 g/mol. The van der Waals surface area contributed by atoms with E-state index in [2.05, 4.69) is 11.3 Å². The van der Waals surface area contributed by atoms with Crippen molar-refractivity contribution in [2.75, 3.05) is 6.61 Å². The Morgan fingerprint density at radius 1 is 1.67 bits per heavy atom. The lowest BCUT2D eigenvalue weighted by molar-refractivity contribution is -0.308. The summed E-state index contributed by atoms with van der Waals surface area (Å²) >= 11 is 0. The van der Waals surface area contributed by atoms with Crippen LogP contribution in [0.25, 0.3) is 0 Å². The van der Waals surface area contributed by atoms with E-state index in [-0.39, 0.29) is 0 Å². The summed E-state index contributed by atoms with van der Waals surface area (Å²) in [6.45, 7) is 2.33. The van der Waals surface area contributed by atoms with E-state index in [9.17, 15) is 14.7 Å². The SMILES string of the molecule is C=CC(=O)OCC(=O)[O-]. The molecule has 0 saturated carbocycles. The van der Waals surface area contributed by atoms with Crippen molar-refractivity contribution in [3.05, 3.63) is 12.7 Å². The summed E-state index contributed by atoms with van der Waals surface area (Å²) in [5, 5.41) is 9.60. The highest BCUT2D eigenvalue weighted by Crippen LogP contribution is 1.75.